The van der Waals surface area contributed by atoms with Crippen molar-refractivity contribution in [1.82, 2.24) is 5.32 Å². The van der Waals surface area contributed by atoms with E-state index in [0.29, 0.717) is 5.69 Å². The second-order valence-electron chi connectivity index (χ2n) is 12.4. The van der Waals surface area contributed by atoms with E-state index in [1.807, 2.05) is 72.8 Å². The molecule has 0 aliphatic heterocycles. The van der Waals surface area contributed by atoms with Crippen molar-refractivity contribution in [1.29, 1.82) is 0 Å². The fourth-order valence-electron chi connectivity index (χ4n) is 7.68. The summed E-state index contributed by atoms with van der Waals surface area (Å²) in [6, 6.07) is 25.6. The van der Waals surface area contributed by atoms with Gasteiger partial charge in [0.15, 0.2) is 0 Å². The molecule has 0 aromatic heterocycles. The average molecular weight is 567 g/mol. The molecule has 4 aliphatic rings. The zero-order chi connectivity index (χ0) is 28.9. The molecule has 42 heavy (non-hydrogen) atoms. The van der Waals surface area contributed by atoms with Crippen LogP contribution < -0.4 is 10.6 Å². The molecule has 1 atom stereocenters. The van der Waals surface area contributed by atoms with Gasteiger partial charge in [-0.05, 0) is 90.5 Å². The highest BCUT2D eigenvalue weighted by atomic mass is 16.5. The fourth-order valence-corrected chi connectivity index (χ4v) is 7.68. The van der Waals surface area contributed by atoms with E-state index < -0.39 is 24.0 Å². The van der Waals surface area contributed by atoms with Crippen LogP contribution in [0.5, 0.6) is 0 Å². The Morgan fingerprint density at radius 3 is 1.79 bits per heavy atom. The van der Waals surface area contributed by atoms with Crippen LogP contribution in [-0.4, -0.2) is 24.0 Å². The van der Waals surface area contributed by atoms with Gasteiger partial charge in [0.25, 0.3) is 0 Å². The molecule has 0 heterocycles. The van der Waals surface area contributed by atoms with Gasteiger partial charge in [-0.15, -0.1) is 0 Å². The Morgan fingerprint density at radius 2 is 1.24 bits per heavy atom. The predicted octanol–water partition coefficient (Wildman–Crippen LogP) is 6.52. The number of ether oxygens (including phenoxy) is 2. The zero-order valence-electron chi connectivity index (χ0n) is 23.8. The maximum Gasteiger partial charge on any atom is 0.408 e. The molecule has 7 nitrogen and oxygen atoms in total. The molecule has 4 fully saturated rings. The lowest BCUT2D eigenvalue weighted by molar-refractivity contribution is -0.146. The van der Waals surface area contributed by atoms with Gasteiger partial charge in [0.1, 0.15) is 19.3 Å². The molecule has 0 saturated heterocycles. The third kappa shape index (κ3) is 6.67. The van der Waals surface area contributed by atoms with E-state index in [1.165, 1.54) is 44.1 Å². The van der Waals surface area contributed by atoms with Crippen molar-refractivity contribution < 1.29 is 23.9 Å². The van der Waals surface area contributed by atoms with Gasteiger partial charge in [0.05, 0.1) is 6.42 Å². The molecular weight excluding hydrogens is 528 g/mol. The zero-order valence-corrected chi connectivity index (χ0v) is 23.8. The minimum Gasteiger partial charge on any atom is -0.461 e. The molecule has 0 radical (unpaired) electrons. The second-order valence-corrected chi connectivity index (χ2v) is 12.4. The molecule has 4 bridgehead atoms. The van der Waals surface area contributed by atoms with Gasteiger partial charge in [-0.3, -0.25) is 9.59 Å². The minimum atomic E-state index is -1.17. The standard InChI is InChI=1S/C35H38N2O5/c38-32(41-22-24-7-3-1-4-8-24)18-31(37-34(40)42-23-25-9-5-2-6-10-25)33(39)36-30-13-11-29(12-14-30)35-19-26-15-27(20-35)17-28(16-26)21-35/h1-14,26-28,31H,15-23H2,(H,36,39)(H,37,40)/t26?,27?,28?,31-,35?/m1/s1. The van der Waals surface area contributed by atoms with Crippen LogP contribution in [0.15, 0.2) is 84.9 Å². The Labute approximate surface area is 247 Å². The van der Waals surface area contributed by atoms with Crippen LogP contribution in [0.25, 0.3) is 0 Å². The molecule has 3 aromatic rings. The third-order valence-electron chi connectivity index (χ3n) is 9.24. The van der Waals surface area contributed by atoms with E-state index >= 15 is 0 Å². The largest absolute Gasteiger partial charge is 0.461 e. The smallest absolute Gasteiger partial charge is 0.408 e. The lowest BCUT2D eigenvalue weighted by atomic mass is 9.48. The highest BCUT2D eigenvalue weighted by Gasteiger charge is 2.51. The molecular formula is C35H38N2O5. The van der Waals surface area contributed by atoms with Gasteiger partial charge in [-0.1, -0.05) is 72.8 Å². The highest BCUT2D eigenvalue weighted by molar-refractivity contribution is 5.98. The number of anilines is 1. The number of rotatable bonds is 10. The molecule has 4 aliphatic carbocycles. The summed E-state index contributed by atoms with van der Waals surface area (Å²) < 4.78 is 10.7. The normalized spacial score (nSPS) is 24.4. The maximum atomic E-state index is 13.3. The van der Waals surface area contributed by atoms with Gasteiger partial charge in [-0.25, -0.2) is 4.79 Å². The number of nitrogens with one attached hydrogen (secondary N) is 2. The number of alkyl carbamates (subject to hydrolysis) is 1. The van der Waals surface area contributed by atoms with E-state index in [0.717, 1.165) is 28.9 Å². The van der Waals surface area contributed by atoms with Gasteiger partial charge in [0, 0.05) is 5.69 Å². The van der Waals surface area contributed by atoms with Crippen molar-refractivity contribution in [2.24, 2.45) is 17.8 Å². The topological polar surface area (TPSA) is 93.7 Å². The average Bonchev–Trinajstić information content (AvgIpc) is 2.99. The maximum absolute atomic E-state index is 13.3. The second kappa shape index (κ2) is 12.4. The number of benzene rings is 3. The van der Waals surface area contributed by atoms with Crippen molar-refractivity contribution in [3.05, 3.63) is 102 Å². The van der Waals surface area contributed by atoms with Crippen LogP contribution >= 0.6 is 0 Å². The number of hydrogen-bond acceptors (Lipinski definition) is 5. The number of esters is 1. The summed E-state index contributed by atoms with van der Waals surface area (Å²) in [5.74, 6) is 1.45. The number of carbonyl (C=O) groups is 3. The molecule has 218 valence electrons. The lowest BCUT2D eigenvalue weighted by Crippen LogP contribution is -2.48. The Bertz CT molecular complexity index is 1300. The molecule has 3 aromatic carbocycles. The van der Waals surface area contributed by atoms with Crippen LogP contribution in [0, 0.1) is 17.8 Å². The molecule has 2 N–H and O–H groups in total. The van der Waals surface area contributed by atoms with Crippen LogP contribution in [0.4, 0.5) is 10.5 Å². The van der Waals surface area contributed by atoms with Gasteiger partial charge < -0.3 is 20.1 Å². The lowest BCUT2D eigenvalue weighted by Gasteiger charge is -2.57. The minimum absolute atomic E-state index is 0.0469. The SMILES string of the molecule is O=C(C[C@@H](NC(=O)OCc1ccccc1)C(=O)Nc1ccc(C23CC4CC(CC(C4)C2)C3)cc1)OCc1ccccc1. The Balaban J connectivity index is 1.10. The first kappa shape index (κ1) is 28.0. The molecule has 0 unspecified atom stereocenters. The first-order valence-corrected chi connectivity index (χ1v) is 15.0. The first-order chi connectivity index (χ1) is 20.4. The van der Waals surface area contributed by atoms with E-state index in [1.54, 1.807) is 0 Å². The Hall–Kier alpha value is -4.13. The number of amides is 2. The van der Waals surface area contributed by atoms with Crippen molar-refractivity contribution >= 4 is 23.7 Å². The Kier molecular flexibility index (Phi) is 8.27. The van der Waals surface area contributed by atoms with Gasteiger partial charge >= 0.3 is 12.1 Å². The summed E-state index contributed by atoms with van der Waals surface area (Å²) >= 11 is 0. The summed E-state index contributed by atoms with van der Waals surface area (Å²) in [6.07, 6.45) is 6.87. The summed E-state index contributed by atoms with van der Waals surface area (Å²) in [7, 11) is 0. The summed E-state index contributed by atoms with van der Waals surface area (Å²) in [4.78, 5) is 38.7. The van der Waals surface area contributed by atoms with E-state index in [2.05, 4.69) is 22.8 Å². The summed E-state index contributed by atoms with van der Waals surface area (Å²) in [6.45, 7) is 0.128. The molecule has 4 saturated carbocycles. The van der Waals surface area contributed by atoms with Crippen molar-refractivity contribution in [2.75, 3.05) is 5.32 Å². The molecule has 2 amide bonds. The monoisotopic (exact) mass is 566 g/mol. The first-order valence-electron chi connectivity index (χ1n) is 15.0. The molecule has 7 rings (SSSR count). The molecule has 0 spiro atoms. The van der Waals surface area contributed by atoms with Gasteiger partial charge in [0.2, 0.25) is 5.91 Å². The number of hydrogen-bond donors (Lipinski definition) is 2. The van der Waals surface area contributed by atoms with Crippen LogP contribution in [0.3, 0.4) is 0 Å². The van der Waals surface area contributed by atoms with Crippen LogP contribution in [-0.2, 0) is 37.7 Å². The molecule has 7 heteroatoms. The van der Waals surface area contributed by atoms with Crippen LogP contribution in [0.2, 0.25) is 0 Å². The quantitative estimate of drug-likeness (QED) is 0.273. The predicted molar refractivity (Wildman–Crippen MR) is 159 cm³/mol. The van der Waals surface area contributed by atoms with E-state index in [9.17, 15) is 14.4 Å². The van der Waals surface area contributed by atoms with Crippen molar-refractivity contribution in [3.8, 4) is 0 Å². The number of carbonyl (C=O) groups excluding carboxylic acids is 3. The summed E-state index contributed by atoms with van der Waals surface area (Å²) in [5.41, 5.74) is 3.90. The van der Waals surface area contributed by atoms with E-state index in [4.69, 9.17) is 9.47 Å². The van der Waals surface area contributed by atoms with E-state index in [-0.39, 0.29) is 25.0 Å². The van der Waals surface area contributed by atoms with Gasteiger partial charge in [-0.2, -0.15) is 0 Å². The van der Waals surface area contributed by atoms with Crippen LogP contribution in [0.1, 0.15) is 61.6 Å². The summed E-state index contributed by atoms with van der Waals surface area (Å²) in [5, 5.41) is 5.45. The Morgan fingerprint density at radius 1 is 0.714 bits per heavy atom. The fraction of sp³-hybridized carbons (Fsp3) is 0.400. The van der Waals surface area contributed by atoms with Crippen molar-refractivity contribution in [3.63, 3.8) is 0 Å². The highest BCUT2D eigenvalue weighted by Crippen LogP contribution is 2.60. The van der Waals surface area contributed by atoms with Crippen molar-refractivity contribution in [2.45, 2.75) is 69.6 Å². The third-order valence-corrected chi connectivity index (χ3v) is 9.24.